The molecule has 1 aromatic rings. The second kappa shape index (κ2) is 5.67. The first kappa shape index (κ1) is 14.2. The fourth-order valence-electron chi connectivity index (χ4n) is 1.66. The minimum atomic E-state index is -1.01. The molecule has 1 atom stereocenters. The highest BCUT2D eigenvalue weighted by atomic mass is 16.5. The first-order valence-corrected chi connectivity index (χ1v) is 5.91. The minimum Gasteiger partial charge on any atom is -0.479 e. The summed E-state index contributed by atoms with van der Waals surface area (Å²) in [5.41, 5.74) is 2.32. The third-order valence-electron chi connectivity index (χ3n) is 3.01. The van der Waals surface area contributed by atoms with Crippen LogP contribution in [0.2, 0.25) is 0 Å². The second-order valence-electron chi connectivity index (χ2n) is 4.24. The summed E-state index contributed by atoms with van der Waals surface area (Å²) in [5.74, 6) is -0.427. The predicted octanol–water partition coefficient (Wildman–Crippen LogP) is 2.75. The number of carboxylic acids is 1. The minimum absolute atomic E-state index is 0.0773. The summed E-state index contributed by atoms with van der Waals surface area (Å²) < 4.78 is 5.34. The molecule has 0 amide bonds. The van der Waals surface area contributed by atoms with Gasteiger partial charge < -0.3 is 9.84 Å². The van der Waals surface area contributed by atoms with E-state index in [4.69, 9.17) is 9.84 Å². The highest BCUT2D eigenvalue weighted by molar-refractivity contribution is 5.97. The van der Waals surface area contributed by atoms with Gasteiger partial charge in [0.05, 0.1) is 0 Å². The maximum Gasteiger partial charge on any atom is 0.344 e. The molecule has 1 rings (SSSR count). The monoisotopic (exact) mass is 250 g/mol. The lowest BCUT2D eigenvalue weighted by molar-refractivity contribution is -0.144. The lowest BCUT2D eigenvalue weighted by atomic mass is 9.98. The molecule has 0 aliphatic carbocycles. The van der Waals surface area contributed by atoms with E-state index in [0.717, 1.165) is 11.1 Å². The van der Waals surface area contributed by atoms with Crippen LogP contribution in [-0.4, -0.2) is 23.0 Å². The Morgan fingerprint density at radius 1 is 1.28 bits per heavy atom. The number of benzene rings is 1. The standard InChI is InChI=1S/C14H18O4/c1-5-12(15)11-6-7-13(9(3)8(11)2)18-10(4)14(16)17/h6-7,10H,5H2,1-4H3,(H,16,17). The zero-order chi connectivity index (χ0) is 13.9. The first-order chi connectivity index (χ1) is 8.38. The van der Waals surface area contributed by atoms with Crippen LogP contribution in [0.4, 0.5) is 0 Å². The Morgan fingerprint density at radius 2 is 1.89 bits per heavy atom. The number of carbonyl (C=O) groups is 2. The fourth-order valence-corrected chi connectivity index (χ4v) is 1.66. The van der Waals surface area contributed by atoms with Gasteiger partial charge in [0.25, 0.3) is 0 Å². The Labute approximate surface area is 107 Å². The lowest BCUT2D eigenvalue weighted by Gasteiger charge is -2.16. The van der Waals surface area contributed by atoms with E-state index in [1.807, 2.05) is 20.8 Å². The average Bonchev–Trinajstić information content (AvgIpc) is 2.34. The molecule has 0 saturated carbocycles. The Balaban J connectivity index is 3.08. The van der Waals surface area contributed by atoms with E-state index in [2.05, 4.69) is 0 Å². The van der Waals surface area contributed by atoms with Crippen molar-refractivity contribution in [2.45, 2.75) is 40.2 Å². The summed E-state index contributed by atoms with van der Waals surface area (Å²) in [7, 11) is 0. The number of carbonyl (C=O) groups excluding carboxylic acids is 1. The van der Waals surface area contributed by atoms with Gasteiger partial charge in [-0.25, -0.2) is 4.79 Å². The van der Waals surface area contributed by atoms with Crippen molar-refractivity contribution in [2.75, 3.05) is 0 Å². The largest absolute Gasteiger partial charge is 0.479 e. The van der Waals surface area contributed by atoms with Gasteiger partial charge >= 0.3 is 5.97 Å². The van der Waals surface area contributed by atoms with Gasteiger partial charge in [0, 0.05) is 12.0 Å². The van der Waals surface area contributed by atoms with E-state index in [1.165, 1.54) is 6.92 Å². The van der Waals surface area contributed by atoms with Crippen molar-refractivity contribution in [3.8, 4) is 5.75 Å². The molecule has 0 heterocycles. The zero-order valence-electron chi connectivity index (χ0n) is 11.1. The van der Waals surface area contributed by atoms with E-state index in [0.29, 0.717) is 17.7 Å². The molecule has 0 aliphatic rings. The molecule has 0 fully saturated rings. The summed E-state index contributed by atoms with van der Waals surface area (Å²) in [4.78, 5) is 22.4. The highest BCUT2D eigenvalue weighted by Gasteiger charge is 2.16. The summed E-state index contributed by atoms with van der Waals surface area (Å²) in [5, 5.41) is 8.81. The smallest absolute Gasteiger partial charge is 0.344 e. The van der Waals surface area contributed by atoms with Crippen LogP contribution in [-0.2, 0) is 4.79 Å². The molecule has 4 nitrogen and oxygen atoms in total. The third-order valence-corrected chi connectivity index (χ3v) is 3.01. The zero-order valence-corrected chi connectivity index (χ0v) is 11.1. The summed E-state index contributed by atoms with van der Waals surface area (Å²) in [6.45, 7) is 6.96. The van der Waals surface area contributed by atoms with Crippen LogP contribution in [0.5, 0.6) is 5.75 Å². The van der Waals surface area contributed by atoms with E-state index < -0.39 is 12.1 Å². The number of Topliss-reactive ketones (excluding diaryl/α,β-unsaturated/α-hetero) is 1. The lowest BCUT2D eigenvalue weighted by Crippen LogP contribution is -2.23. The van der Waals surface area contributed by atoms with Gasteiger partial charge in [0.2, 0.25) is 0 Å². The maximum atomic E-state index is 11.7. The fraction of sp³-hybridized carbons (Fsp3) is 0.429. The van der Waals surface area contributed by atoms with Gasteiger partial charge in [-0.3, -0.25) is 4.79 Å². The maximum absolute atomic E-state index is 11.7. The van der Waals surface area contributed by atoms with Crippen LogP contribution in [0.3, 0.4) is 0 Å². The van der Waals surface area contributed by atoms with Crippen LogP contribution < -0.4 is 4.74 Å². The number of ketones is 1. The Morgan fingerprint density at radius 3 is 2.39 bits per heavy atom. The summed E-state index contributed by atoms with van der Waals surface area (Å²) in [6.07, 6.45) is -0.456. The third kappa shape index (κ3) is 2.88. The summed E-state index contributed by atoms with van der Waals surface area (Å²) in [6, 6.07) is 3.35. The van der Waals surface area contributed by atoms with Crippen molar-refractivity contribution in [1.29, 1.82) is 0 Å². The van der Waals surface area contributed by atoms with Crippen LogP contribution in [0, 0.1) is 13.8 Å². The first-order valence-electron chi connectivity index (χ1n) is 5.91. The van der Waals surface area contributed by atoms with E-state index in [1.54, 1.807) is 12.1 Å². The molecule has 98 valence electrons. The molecule has 1 aromatic carbocycles. The molecule has 0 saturated heterocycles. The normalized spacial score (nSPS) is 12.0. The Bertz CT molecular complexity index is 477. The number of rotatable bonds is 5. The second-order valence-corrected chi connectivity index (χ2v) is 4.24. The van der Waals surface area contributed by atoms with Crippen molar-refractivity contribution < 1.29 is 19.4 Å². The molecule has 0 aromatic heterocycles. The highest BCUT2D eigenvalue weighted by Crippen LogP contribution is 2.26. The molecule has 1 unspecified atom stereocenters. The molecule has 4 heteroatoms. The summed E-state index contributed by atoms with van der Waals surface area (Å²) >= 11 is 0. The SMILES string of the molecule is CCC(=O)c1ccc(OC(C)C(=O)O)c(C)c1C. The van der Waals surface area contributed by atoms with Crippen molar-refractivity contribution in [1.82, 2.24) is 0 Å². The quantitative estimate of drug-likeness (QED) is 0.816. The number of ether oxygens (including phenoxy) is 1. The molecular weight excluding hydrogens is 232 g/mol. The van der Waals surface area contributed by atoms with Gasteiger partial charge in [-0.1, -0.05) is 6.92 Å². The van der Waals surface area contributed by atoms with Crippen LogP contribution in [0.15, 0.2) is 12.1 Å². The van der Waals surface area contributed by atoms with Crippen LogP contribution in [0.25, 0.3) is 0 Å². The van der Waals surface area contributed by atoms with Crippen molar-refractivity contribution in [3.63, 3.8) is 0 Å². The van der Waals surface area contributed by atoms with E-state index in [-0.39, 0.29) is 5.78 Å². The topological polar surface area (TPSA) is 63.6 Å². The number of aliphatic carboxylic acids is 1. The average molecular weight is 250 g/mol. The Hall–Kier alpha value is -1.84. The molecule has 0 bridgehead atoms. The number of hydrogen-bond acceptors (Lipinski definition) is 3. The Kier molecular flexibility index (Phi) is 4.48. The van der Waals surface area contributed by atoms with Gasteiger partial charge in [-0.15, -0.1) is 0 Å². The van der Waals surface area contributed by atoms with E-state index in [9.17, 15) is 9.59 Å². The van der Waals surface area contributed by atoms with Crippen LogP contribution in [0.1, 0.15) is 41.8 Å². The molecule has 1 N–H and O–H groups in total. The molecule has 18 heavy (non-hydrogen) atoms. The van der Waals surface area contributed by atoms with Gasteiger partial charge in [-0.2, -0.15) is 0 Å². The van der Waals surface area contributed by atoms with Crippen molar-refractivity contribution in [2.24, 2.45) is 0 Å². The van der Waals surface area contributed by atoms with Gasteiger partial charge in [0.15, 0.2) is 11.9 Å². The molecule has 0 spiro atoms. The van der Waals surface area contributed by atoms with E-state index >= 15 is 0 Å². The molecule has 0 aliphatic heterocycles. The molecular formula is C14H18O4. The van der Waals surface area contributed by atoms with Crippen molar-refractivity contribution in [3.05, 3.63) is 28.8 Å². The van der Waals surface area contributed by atoms with Gasteiger partial charge in [0.1, 0.15) is 5.75 Å². The van der Waals surface area contributed by atoms with Crippen LogP contribution >= 0.6 is 0 Å². The number of carboxylic acid groups (broad SMARTS) is 1. The predicted molar refractivity (Wildman–Crippen MR) is 68.3 cm³/mol. The molecule has 0 radical (unpaired) electrons. The van der Waals surface area contributed by atoms with Crippen molar-refractivity contribution >= 4 is 11.8 Å². The van der Waals surface area contributed by atoms with Gasteiger partial charge in [-0.05, 0) is 44.0 Å². The number of hydrogen-bond donors (Lipinski definition) is 1.